The van der Waals surface area contributed by atoms with Crippen LogP contribution in [0.15, 0.2) is 66.7 Å². The normalized spacial score (nSPS) is 13.3. The van der Waals surface area contributed by atoms with E-state index in [2.05, 4.69) is 17.6 Å². The number of amides is 2. The lowest BCUT2D eigenvalue weighted by Gasteiger charge is -2.26. The molecule has 8 heteroatoms. The number of nitrogens with one attached hydrogen (secondary N) is 2. The first-order valence-electron chi connectivity index (χ1n) is 14.7. The summed E-state index contributed by atoms with van der Waals surface area (Å²) in [5.41, 5.74) is 2.91. The van der Waals surface area contributed by atoms with E-state index < -0.39 is 29.7 Å². The Bertz CT molecular complexity index is 1290. The van der Waals surface area contributed by atoms with Gasteiger partial charge in [0.2, 0.25) is 0 Å². The van der Waals surface area contributed by atoms with Gasteiger partial charge in [-0.1, -0.05) is 51.1 Å². The second kappa shape index (κ2) is 16.1. The van der Waals surface area contributed by atoms with E-state index in [0.717, 1.165) is 30.0 Å². The van der Waals surface area contributed by atoms with Crippen LogP contribution in [-0.2, 0) is 6.42 Å². The fourth-order valence-corrected chi connectivity index (χ4v) is 5.08. The molecular formula is C34H43F2N3O3. The molecule has 0 aliphatic carbocycles. The monoisotopic (exact) mass is 579 g/mol. The van der Waals surface area contributed by atoms with Gasteiger partial charge in [0.25, 0.3) is 11.8 Å². The van der Waals surface area contributed by atoms with E-state index in [4.69, 9.17) is 0 Å². The maximum Gasteiger partial charge on any atom is 0.253 e. The van der Waals surface area contributed by atoms with Crippen LogP contribution in [-0.4, -0.2) is 60.1 Å². The number of hydrogen-bond acceptors (Lipinski definition) is 4. The molecule has 0 aliphatic rings. The summed E-state index contributed by atoms with van der Waals surface area (Å²) in [5, 5.41) is 17.3. The average molecular weight is 580 g/mol. The molecule has 0 heterocycles. The van der Waals surface area contributed by atoms with Gasteiger partial charge < -0.3 is 20.6 Å². The van der Waals surface area contributed by atoms with Crippen molar-refractivity contribution >= 4 is 11.8 Å². The van der Waals surface area contributed by atoms with Crippen LogP contribution in [0.5, 0.6) is 0 Å². The van der Waals surface area contributed by atoms with Gasteiger partial charge in [-0.15, -0.1) is 0 Å². The molecule has 0 radical (unpaired) electrons. The summed E-state index contributed by atoms with van der Waals surface area (Å²) in [6.45, 7) is 9.90. The summed E-state index contributed by atoms with van der Waals surface area (Å²) in [5.74, 6) is -1.90. The Morgan fingerprint density at radius 1 is 0.881 bits per heavy atom. The van der Waals surface area contributed by atoms with Crippen molar-refractivity contribution < 1.29 is 23.5 Å². The number of aliphatic hydroxyl groups excluding tert-OH is 1. The van der Waals surface area contributed by atoms with E-state index in [9.17, 15) is 23.5 Å². The number of benzene rings is 3. The van der Waals surface area contributed by atoms with Gasteiger partial charge in [-0.05, 0) is 79.1 Å². The molecule has 3 aromatic rings. The lowest BCUT2D eigenvalue weighted by atomic mass is 9.98. The molecule has 0 fully saturated rings. The summed E-state index contributed by atoms with van der Waals surface area (Å²) in [7, 11) is 0. The van der Waals surface area contributed by atoms with E-state index in [-0.39, 0.29) is 30.4 Å². The number of aliphatic hydroxyl groups is 1. The molecule has 0 aromatic heterocycles. The van der Waals surface area contributed by atoms with Crippen molar-refractivity contribution in [2.45, 2.75) is 65.0 Å². The maximum atomic E-state index is 14.0. The first kappa shape index (κ1) is 32.9. The minimum atomic E-state index is -1.06. The Kier molecular flexibility index (Phi) is 12.6. The van der Waals surface area contributed by atoms with Gasteiger partial charge in [-0.3, -0.25) is 9.59 Å². The van der Waals surface area contributed by atoms with E-state index in [1.165, 1.54) is 12.1 Å². The van der Waals surface area contributed by atoms with Gasteiger partial charge in [0.15, 0.2) is 0 Å². The Balaban J connectivity index is 1.79. The SMILES string of the molecule is CCCN(CCC)C(=O)c1cc(C)cc(C(=O)N[C@@H](Cc2cc(F)cc(F)c2)[C@H](O)CNCC(C)c2ccccc2)c1. The molecular weight excluding hydrogens is 536 g/mol. The zero-order valence-electron chi connectivity index (χ0n) is 25.0. The van der Waals surface area contributed by atoms with Gasteiger partial charge in [-0.2, -0.15) is 0 Å². The summed E-state index contributed by atoms with van der Waals surface area (Å²) in [4.78, 5) is 28.5. The van der Waals surface area contributed by atoms with Crippen molar-refractivity contribution in [1.82, 2.24) is 15.5 Å². The summed E-state index contributed by atoms with van der Waals surface area (Å²) >= 11 is 0. The zero-order valence-corrected chi connectivity index (χ0v) is 25.0. The molecule has 226 valence electrons. The second-order valence-corrected chi connectivity index (χ2v) is 11.0. The topological polar surface area (TPSA) is 81.7 Å². The van der Waals surface area contributed by atoms with Gasteiger partial charge >= 0.3 is 0 Å². The predicted molar refractivity (Wildman–Crippen MR) is 163 cm³/mol. The Morgan fingerprint density at radius 3 is 2.12 bits per heavy atom. The average Bonchev–Trinajstić information content (AvgIpc) is 2.95. The molecule has 0 spiro atoms. The fraction of sp³-hybridized carbons (Fsp3) is 0.412. The van der Waals surface area contributed by atoms with Crippen LogP contribution in [0.1, 0.15) is 76.9 Å². The third-order valence-corrected chi connectivity index (χ3v) is 7.19. The number of halogens is 2. The van der Waals surface area contributed by atoms with Crippen molar-refractivity contribution in [2.24, 2.45) is 0 Å². The van der Waals surface area contributed by atoms with Gasteiger partial charge in [-0.25, -0.2) is 8.78 Å². The van der Waals surface area contributed by atoms with E-state index >= 15 is 0 Å². The third kappa shape index (κ3) is 9.74. The van der Waals surface area contributed by atoms with Crippen molar-refractivity contribution in [3.05, 3.63) is 106 Å². The van der Waals surface area contributed by atoms with Crippen LogP contribution < -0.4 is 10.6 Å². The van der Waals surface area contributed by atoms with Crippen LogP contribution in [0, 0.1) is 18.6 Å². The van der Waals surface area contributed by atoms with Crippen LogP contribution in [0.25, 0.3) is 0 Å². The molecule has 42 heavy (non-hydrogen) atoms. The smallest absolute Gasteiger partial charge is 0.253 e. The predicted octanol–water partition coefficient (Wildman–Crippen LogP) is 5.63. The molecule has 0 bridgehead atoms. The van der Waals surface area contributed by atoms with Crippen LogP contribution in [0.4, 0.5) is 8.78 Å². The quantitative estimate of drug-likeness (QED) is 0.218. The lowest BCUT2D eigenvalue weighted by molar-refractivity contribution is 0.0755. The van der Waals surface area contributed by atoms with E-state index in [0.29, 0.717) is 30.8 Å². The highest BCUT2D eigenvalue weighted by atomic mass is 19.1. The highest BCUT2D eigenvalue weighted by Gasteiger charge is 2.24. The van der Waals surface area contributed by atoms with Gasteiger partial charge in [0.1, 0.15) is 11.6 Å². The molecule has 1 unspecified atom stereocenters. The summed E-state index contributed by atoms with van der Waals surface area (Å²) in [6, 6.07) is 17.3. The standard InChI is InChI=1S/C34H43F2N3O3/c1-5-12-39(13-6-2)34(42)28-15-23(3)14-27(19-28)33(41)38-31(18-25-16-29(35)20-30(36)17-25)32(40)22-37-21-24(4)26-10-8-7-9-11-26/h7-11,14-17,19-20,24,31-32,37,40H,5-6,12-13,18,21-22H2,1-4H3,(H,38,41)/t24?,31-,32+/m0/s1. The summed E-state index contributed by atoms with van der Waals surface area (Å²) < 4.78 is 27.9. The number of carbonyl (C=O) groups excluding carboxylic acids is 2. The van der Waals surface area contributed by atoms with Crippen LogP contribution >= 0.6 is 0 Å². The molecule has 0 saturated carbocycles. The van der Waals surface area contributed by atoms with Crippen molar-refractivity contribution in [3.63, 3.8) is 0 Å². The van der Waals surface area contributed by atoms with E-state index in [1.807, 2.05) is 51.1 Å². The highest BCUT2D eigenvalue weighted by Crippen LogP contribution is 2.17. The maximum absolute atomic E-state index is 14.0. The van der Waals surface area contributed by atoms with Crippen molar-refractivity contribution in [3.8, 4) is 0 Å². The second-order valence-electron chi connectivity index (χ2n) is 11.0. The Labute approximate surface area is 248 Å². The molecule has 3 N–H and O–H groups in total. The zero-order chi connectivity index (χ0) is 30.6. The minimum absolute atomic E-state index is 0.00981. The largest absolute Gasteiger partial charge is 0.390 e. The number of hydrogen-bond donors (Lipinski definition) is 3. The van der Waals surface area contributed by atoms with Gasteiger partial charge in [0.05, 0.1) is 12.1 Å². The van der Waals surface area contributed by atoms with E-state index in [1.54, 1.807) is 23.1 Å². The molecule has 2 amide bonds. The van der Waals surface area contributed by atoms with Gasteiger partial charge in [0, 0.05) is 43.4 Å². The number of nitrogens with zero attached hydrogens (tertiary/aromatic N) is 1. The molecule has 6 nitrogen and oxygen atoms in total. The van der Waals surface area contributed by atoms with Crippen molar-refractivity contribution in [2.75, 3.05) is 26.2 Å². The first-order valence-corrected chi connectivity index (χ1v) is 14.7. The summed E-state index contributed by atoms with van der Waals surface area (Å²) in [6.07, 6.45) is 0.599. The van der Waals surface area contributed by atoms with Crippen LogP contribution in [0.3, 0.4) is 0 Å². The minimum Gasteiger partial charge on any atom is -0.390 e. The molecule has 3 atom stereocenters. The fourth-order valence-electron chi connectivity index (χ4n) is 5.08. The highest BCUT2D eigenvalue weighted by molar-refractivity contribution is 6.00. The molecule has 0 aliphatic heterocycles. The first-order chi connectivity index (χ1) is 20.1. The molecule has 0 saturated heterocycles. The Hall–Kier alpha value is -3.62. The number of aryl methyl sites for hydroxylation is 1. The van der Waals surface area contributed by atoms with Crippen molar-refractivity contribution in [1.29, 1.82) is 0 Å². The molecule has 3 rings (SSSR count). The third-order valence-electron chi connectivity index (χ3n) is 7.19. The number of rotatable bonds is 15. The lowest BCUT2D eigenvalue weighted by Crippen LogP contribution is -2.49. The molecule has 3 aromatic carbocycles. The Morgan fingerprint density at radius 2 is 1.50 bits per heavy atom. The number of carbonyl (C=O) groups is 2. The van der Waals surface area contributed by atoms with Crippen LogP contribution in [0.2, 0.25) is 0 Å².